The van der Waals surface area contributed by atoms with Crippen molar-refractivity contribution >= 4 is 120 Å². The van der Waals surface area contributed by atoms with Crippen LogP contribution in [0.2, 0.25) is 0 Å². The number of aromatic nitrogens is 6. The first kappa shape index (κ1) is 43.0. The van der Waals surface area contributed by atoms with E-state index in [0.717, 1.165) is 16.0 Å². The van der Waals surface area contributed by atoms with Gasteiger partial charge in [0.05, 0.1) is 36.8 Å². The summed E-state index contributed by atoms with van der Waals surface area (Å²) in [6.07, 6.45) is 2.77. The number of hydrogen-bond acceptors (Lipinski definition) is 12. The van der Waals surface area contributed by atoms with Crippen molar-refractivity contribution in [1.29, 1.82) is 0 Å². The van der Waals surface area contributed by atoms with E-state index in [0.29, 0.717) is 21.4 Å². The predicted molar refractivity (Wildman–Crippen MR) is 217 cm³/mol. The maximum Gasteiger partial charge on any atom is 0.276 e. The fraction of sp³-hybridized carbons (Fsp3) is 0.100. The van der Waals surface area contributed by atoms with Gasteiger partial charge in [0.2, 0.25) is 15.0 Å². The lowest BCUT2D eigenvalue weighted by Gasteiger charge is -2.03. The monoisotopic (exact) mass is 883 g/mol. The van der Waals surface area contributed by atoms with Gasteiger partial charge in [0, 0.05) is 20.9 Å². The number of nitrogens with zero attached hydrogens (tertiary/aromatic N) is 5. The van der Waals surface area contributed by atoms with E-state index in [9.17, 15) is 22.8 Å². The average molecular weight is 885 g/mol. The Balaban J connectivity index is 0.000000204. The zero-order valence-electron chi connectivity index (χ0n) is 26.6. The highest BCUT2D eigenvalue weighted by molar-refractivity contribution is 7.98. The molecule has 0 unspecified atom stereocenters. The van der Waals surface area contributed by atoms with E-state index in [1.165, 1.54) is 45.8 Å². The first-order valence-corrected chi connectivity index (χ1v) is 21.2. The number of hydrogen-bond donors (Lipinski definition) is 4. The summed E-state index contributed by atoms with van der Waals surface area (Å²) in [5.41, 5.74) is -0.606. The molecule has 0 aliphatic carbocycles. The van der Waals surface area contributed by atoms with Gasteiger partial charge in [-0.05, 0) is 52.8 Å². The number of halogens is 3. The number of H-pyrrole nitrogens is 4. The molecule has 0 aliphatic heterocycles. The first-order chi connectivity index (χ1) is 25.1. The van der Waals surface area contributed by atoms with Crippen molar-refractivity contribution in [3.05, 3.63) is 123 Å². The third-order valence-corrected chi connectivity index (χ3v) is 10.1. The number of thiophene rings is 3. The van der Waals surface area contributed by atoms with Crippen LogP contribution in [0.3, 0.4) is 0 Å². The lowest BCUT2D eigenvalue weighted by molar-refractivity contribution is 0.592. The molecule has 4 N–H and O–H groups in total. The Kier molecular flexibility index (Phi) is 16.4. The van der Waals surface area contributed by atoms with Gasteiger partial charge >= 0.3 is 0 Å². The van der Waals surface area contributed by atoms with E-state index < -0.39 is 30.4 Å². The average Bonchev–Trinajstić information content (AvgIpc) is 3.92. The Hall–Kier alpha value is -4.40. The van der Waals surface area contributed by atoms with E-state index in [4.69, 9.17) is 66.7 Å². The summed E-state index contributed by atoms with van der Waals surface area (Å²) in [6, 6.07) is 10.8. The fourth-order valence-electron chi connectivity index (χ4n) is 3.73. The van der Waals surface area contributed by atoms with Crippen LogP contribution < -0.4 is 16.7 Å². The molecule has 0 amide bonds. The van der Waals surface area contributed by atoms with Gasteiger partial charge in [0.15, 0.2) is 14.2 Å². The highest BCUT2D eigenvalue weighted by atomic mass is 35.6. The second-order valence-electron chi connectivity index (χ2n) is 9.26. The summed E-state index contributed by atoms with van der Waals surface area (Å²) in [5, 5.41) is 5.63. The molecular weight excluding hydrogens is 865 g/mol. The minimum atomic E-state index is -3.63. The maximum atomic E-state index is 11.7. The Morgan fingerprint density at radius 1 is 0.736 bits per heavy atom. The molecule has 0 radical (unpaired) electrons. The molecule has 23 heteroatoms. The molecule has 6 rings (SSSR count). The van der Waals surface area contributed by atoms with Gasteiger partial charge in [-0.3, -0.25) is 14.4 Å². The van der Waals surface area contributed by atoms with Gasteiger partial charge in [0.1, 0.15) is 0 Å². The lowest BCUT2D eigenvalue weighted by atomic mass is 10.3. The summed E-state index contributed by atoms with van der Waals surface area (Å²) >= 11 is 24.8. The van der Waals surface area contributed by atoms with Crippen molar-refractivity contribution in [2.75, 3.05) is 12.5 Å². The molecule has 0 bridgehead atoms. The minimum absolute atomic E-state index is 0.0473. The van der Waals surface area contributed by atoms with Crippen LogP contribution >= 0.6 is 92.8 Å². The zero-order chi connectivity index (χ0) is 39.3. The molecule has 0 aliphatic rings. The number of thioether (sulfide) groups is 1. The van der Waals surface area contributed by atoms with Crippen molar-refractivity contribution in [3.8, 4) is 31.7 Å². The van der Waals surface area contributed by atoms with Crippen LogP contribution in [-0.4, -0.2) is 55.1 Å². The third-order valence-electron chi connectivity index (χ3n) is 5.82. The van der Waals surface area contributed by atoms with Crippen molar-refractivity contribution in [2.45, 2.75) is 14.6 Å². The second kappa shape index (κ2) is 20.2. The van der Waals surface area contributed by atoms with E-state index in [1.807, 2.05) is 41.3 Å². The van der Waals surface area contributed by atoms with E-state index >= 15 is 0 Å². The Morgan fingerprint density at radius 2 is 1.17 bits per heavy atom. The van der Waals surface area contributed by atoms with Gasteiger partial charge in [0.25, 0.3) is 33.7 Å². The molecule has 14 nitrogen and oxygen atoms in total. The van der Waals surface area contributed by atoms with Crippen molar-refractivity contribution in [3.63, 3.8) is 0 Å². The molecule has 6 heterocycles. The van der Waals surface area contributed by atoms with Gasteiger partial charge in [-0.2, -0.15) is 0 Å². The molecule has 0 spiro atoms. The maximum absolute atomic E-state index is 11.7. The molecule has 0 saturated carbocycles. The number of rotatable bonds is 5. The lowest BCUT2D eigenvalue weighted by Crippen LogP contribution is -2.15. The molecule has 272 valence electrons. The minimum Gasteiger partial charge on any atom is -0.340 e. The molecule has 0 saturated heterocycles. The van der Waals surface area contributed by atoms with Crippen LogP contribution in [0.4, 0.5) is 17.1 Å². The van der Waals surface area contributed by atoms with Crippen molar-refractivity contribution in [2.24, 2.45) is 0 Å². The molecule has 6 aromatic heterocycles. The van der Waals surface area contributed by atoms with E-state index in [1.54, 1.807) is 17.5 Å². The highest BCUT2D eigenvalue weighted by Gasteiger charge is 2.19. The Labute approximate surface area is 336 Å². The number of aromatic amines is 4. The third kappa shape index (κ3) is 12.1. The molecule has 53 heavy (non-hydrogen) atoms. The predicted octanol–water partition coefficient (Wildman–Crippen LogP) is 8.92. The SMILES string of the molecule is ClC(Cl)Cl.[C-]#[N+]c1c(-c2cccs2)[nH]c(=S)[nH]c1=O.[C-]#[N+]c1c(-c2cccs2)nc(S(C)(=O)=O)[nH]c1=O.[C-]#[N+]c1c(-c2cccs2)nc(SC)[nH]c1=O. The van der Waals surface area contributed by atoms with Gasteiger partial charge in [-0.1, -0.05) is 64.8 Å². The molecular formula is C30H20Cl3N9O5S6. The number of sulfone groups is 1. The van der Waals surface area contributed by atoms with Crippen LogP contribution in [0.5, 0.6) is 0 Å². The largest absolute Gasteiger partial charge is 0.340 e. The Bertz CT molecular complexity index is 2650. The van der Waals surface area contributed by atoms with Gasteiger partial charge in [-0.15, -0.1) is 34.0 Å². The van der Waals surface area contributed by atoms with E-state index in [-0.39, 0.29) is 33.1 Å². The van der Waals surface area contributed by atoms with Gasteiger partial charge < -0.3 is 19.9 Å². The topological polar surface area (TPSA) is 187 Å². The molecule has 0 aromatic carbocycles. The molecule has 6 aromatic rings. The number of nitrogens with one attached hydrogen (secondary N) is 4. The van der Waals surface area contributed by atoms with Crippen LogP contribution in [0.15, 0.2) is 77.2 Å². The molecule has 0 atom stereocenters. The summed E-state index contributed by atoms with van der Waals surface area (Å²) in [5.74, 6) is 0. The fourth-order valence-corrected chi connectivity index (χ4v) is 6.99. The zero-order valence-corrected chi connectivity index (χ0v) is 33.8. The van der Waals surface area contributed by atoms with Crippen LogP contribution in [0.25, 0.3) is 46.2 Å². The smallest absolute Gasteiger partial charge is 0.276 e. The highest BCUT2D eigenvalue weighted by Crippen LogP contribution is 2.31. The molecule has 0 fully saturated rings. The summed E-state index contributed by atoms with van der Waals surface area (Å²) in [4.78, 5) is 64.6. The summed E-state index contributed by atoms with van der Waals surface area (Å²) < 4.78 is 22.3. The van der Waals surface area contributed by atoms with E-state index in [2.05, 4.69) is 44.4 Å². The first-order valence-electron chi connectivity index (χ1n) is 13.7. The normalized spacial score (nSPS) is 10.2. The van der Waals surface area contributed by atoms with Crippen LogP contribution in [-0.2, 0) is 9.84 Å². The Morgan fingerprint density at radius 3 is 1.58 bits per heavy atom. The summed E-state index contributed by atoms with van der Waals surface area (Å²) in [6.45, 7) is 20.9. The van der Waals surface area contributed by atoms with Crippen molar-refractivity contribution < 1.29 is 8.42 Å². The van der Waals surface area contributed by atoms with Gasteiger partial charge in [-0.25, -0.2) is 32.9 Å². The van der Waals surface area contributed by atoms with Crippen LogP contribution in [0, 0.1) is 24.5 Å². The second-order valence-corrected chi connectivity index (χ2v) is 17.2. The van der Waals surface area contributed by atoms with Crippen LogP contribution in [0.1, 0.15) is 0 Å². The summed E-state index contributed by atoms with van der Waals surface area (Å²) in [7, 11) is -3.63. The quantitative estimate of drug-likeness (QED) is 0.0431. The standard InChI is InChI=1S/C10H7N3O3S2.C10H7N3OS2.C9H5N3OS2.CHCl3/c1-11-8-7(6-4-3-5-17-6)12-10(13-9(8)14)18(2,15)16;1-11-8-7(6-4-3-5-16-6)12-10(15-2)13-9(8)14;1-10-7-6(5-3-2-4-15-5)11-9(14)12-8(7)13;2-1(3)4/h3-5H,2H3,(H,12,13,14);3-5H,2H3,(H,12,13,14);2-4H,(H2,11,12,13,14);1H. The van der Waals surface area contributed by atoms with Crippen molar-refractivity contribution in [1.82, 2.24) is 29.9 Å². The number of alkyl halides is 3.